The zero-order chi connectivity index (χ0) is 8.01. The van der Waals surface area contributed by atoms with E-state index in [1.54, 1.807) is 6.92 Å². The van der Waals surface area contributed by atoms with Gasteiger partial charge in [0.05, 0.1) is 0 Å². The molecule has 0 aromatic carbocycles. The Morgan fingerprint density at radius 3 is 2.55 bits per heavy atom. The van der Waals surface area contributed by atoms with E-state index < -0.39 is 0 Å². The van der Waals surface area contributed by atoms with Gasteiger partial charge in [-0.1, -0.05) is 0 Å². The van der Waals surface area contributed by atoms with Gasteiger partial charge in [-0.3, -0.25) is 4.79 Å². The lowest BCUT2D eigenvalue weighted by Gasteiger charge is -2.25. The van der Waals surface area contributed by atoms with E-state index in [-0.39, 0.29) is 11.9 Å². The molecule has 0 aromatic heterocycles. The van der Waals surface area contributed by atoms with Crippen molar-refractivity contribution in [3.8, 4) is 0 Å². The number of hydrogen-bond donors (Lipinski definition) is 1. The molecule has 2 unspecified atom stereocenters. The number of hydrogen-bond acceptors (Lipinski definition) is 2. The smallest absolute Gasteiger partial charge is 0.219 e. The lowest BCUT2D eigenvalue weighted by atomic mass is 10.1. The zero-order valence-corrected chi connectivity index (χ0v) is 6.79. The van der Waals surface area contributed by atoms with Crippen LogP contribution in [0.15, 0.2) is 0 Å². The lowest BCUT2D eigenvalue weighted by Crippen LogP contribution is -2.40. The van der Waals surface area contributed by atoms with Crippen molar-refractivity contribution in [2.75, 3.05) is 6.54 Å². The molecule has 0 aromatic rings. The maximum Gasteiger partial charge on any atom is 0.219 e. The third-order valence-corrected chi connectivity index (χ3v) is 3.06. The maximum absolute atomic E-state index is 11.1. The summed E-state index contributed by atoms with van der Waals surface area (Å²) in [5, 5.41) is 0. The van der Waals surface area contributed by atoms with Crippen LogP contribution in [-0.4, -0.2) is 29.4 Å². The number of amides is 1. The van der Waals surface area contributed by atoms with E-state index in [1.807, 2.05) is 4.90 Å². The Hall–Kier alpha value is -0.570. The summed E-state index contributed by atoms with van der Waals surface area (Å²) in [7, 11) is 0. The van der Waals surface area contributed by atoms with Crippen molar-refractivity contribution in [1.29, 1.82) is 0 Å². The van der Waals surface area contributed by atoms with Gasteiger partial charge in [0.1, 0.15) is 0 Å². The first-order valence-electron chi connectivity index (χ1n) is 4.23. The summed E-state index contributed by atoms with van der Waals surface area (Å²) in [5.74, 6) is 0.775. The molecule has 62 valence electrons. The molecule has 2 bridgehead atoms. The largest absolute Gasteiger partial charge is 0.338 e. The second kappa shape index (κ2) is 2.21. The number of likely N-dealkylation sites (tertiary alicyclic amines) is 1. The Morgan fingerprint density at radius 2 is 2.27 bits per heavy atom. The van der Waals surface area contributed by atoms with Crippen LogP contribution in [0.2, 0.25) is 0 Å². The predicted octanol–water partition coefficient (Wildman–Crippen LogP) is -0.0456. The molecule has 3 heteroatoms. The van der Waals surface area contributed by atoms with Crippen LogP contribution in [0, 0.1) is 5.92 Å². The number of piperidine rings is 1. The fourth-order valence-electron chi connectivity index (χ4n) is 2.41. The molecule has 3 nitrogen and oxygen atoms in total. The lowest BCUT2D eigenvalue weighted by molar-refractivity contribution is -0.130. The highest BCUT2D eigenvalue weighted by molar-refractivity contribution is 5.74. The number of carbonyl (C=O) groups is 1. The first-order chi connectivity index (χ1) is 5.20. The van der Waals surface area contributed by atoms with Crippen LogP contribution in [0.1, 0.15) is 19.8 Å². The maximum atomic E-state index is 11.1. The molecule has 1 saturated heterocycles. The monoisotopic (exact) mass is 154 g/mol. The van der Waals surface area contributed by atoms with E-state index in [9.17, 15) is 4.79 Å². The number of nitrogens with two attached hydrogens (primary N) is 1. The van der Waals surface area contributed by atoms with Gasteiger partial charge in [0.2, 0.25) is 5.91 Å². The fraction of sp³-hybridized carbons (Fsp3) is 0.875. The molecule has 1 aliphatic carbocycles. The molecule has 0 radical (unpaired) electrons. The van der Waals surface area contributed by atoms with Crippen LogP contribution in [-0.2, 0) is 4.79 Å². The second-order valence-corrected chi connectivity index (χ2v) is 3.65. The van der Waals surface area contributed by atoms with Crippen molar-refractivity contribution in [2.45, 2.75) is 31.8 Å². The molecule has 2 N–H and O–H groups in total. The minimum absolute atomic E-state index is 0.188. The standard InChI is InChI=1S/C8H14N2O/c1-5(11)10-4-6-2-3-7(10)8(6)9/h6-8H,2-4,9H2,1H3/t6?,7?,8-/m1/s1. The topological polar surface area (TPSA) is 46.3 Å². The van der Waals surface area contributed by atoms with Crippen LogP contribution in [0.25, 0.3) is 0 Å². The van der Waals surface area contributed by atoms with Crippen molar-refractivity contribution in [1.82, 2.24) is 4.90 Å². The van der Waals surface area contributed by atoms with E-state index in [2.05, 4.69) is 0 Å². The van der Waals surface area contributed by atoms with Crippen LogP contribution >= 0.6 is 0 Å². The normalized spacial score (nSPS) is 41.6. The Labute approximate surface area is 66.5 Å². The molecule has 0 spiro atoms. The molecule has 2 aliphatic rings. The quantitative estimate of drug-likeness (QED) is 0.532. The summed E-state index contributed by atoms with van der Waals surface area (Å²) in [5.41, 5.74) is 5.92. The van der Waals surface area contributed by atoms with E-state index in [4.69, 9.17) is 5.73 Å². The van der Waals surface area contributed by atoms with Gasteiger partial charge in [-0.15, -0.1) is 0 Å². The molecule has 3 atom stereocenters. The summed E-state index contributed by atoms with van der Waals surface area (Å²) in [4.78, 5) is 13.0. The molecular weight excluding hydrogens is 140 g/mol. The number of rotatable bonds is 0. The van der Waals surface area contributed by atoms with Crippen LogP contribution in [0.5, 0.6) is 0 Å². The van der Waals surface area contributed by atoms with Crippen LogP contribution in [0.3, 0.4) is 0 Å². The van der Waals surface area contributed by atoms with Gasteiger partial charge in [0.25, 0.3) is 0 Å². The highest BCUT2D eigenvalue weighted by Gasteiger charge is 2.45. The SMILES string of the molecule is CC(=O)N1CC2CCC1[C@@H]2N. The Morgan fingerprint density at radius 1 is 1.55 bits per heavy atom. The first-order valence-corrected chi connectivity index (χ1v) is 4.23. The fourth-order valence-corrected chi connectivity index (χ4v) is 2.41. The van der Waals surface area contributed by atoms with Gasteiger partial charge in [-0.2, -0.15) is 0 Å². The van der Waals surface area contributed by atoms with Crippen molar-refractivity contribution in [3.63, 3.8) is 0 Å². The number of nitrogens with zero attached hydrogens (tertiary/aromatic N) is 1. The van der Waals surface area contributed by atoms with Crippen molar-refractivity contribution in [2.24, 2.45) is 11.7 Å². The Kier molecular flexibility index (Phi) is 1.42. The third-order valence-electron chi connectivity index (χ3n) is 3.06. The molecule has 1 aliphatic heterocycles. The molecule has 11 heavy (non-hydrogen) atoms. The van der Waals surface area contributed by atoms with Crippen molar-refractivity contribution < 1.29 is 4.79 Å². The highest BCUT2D eigenvalue weighted by Crippen LogP contribution is 2.36. The number of carbonyl (C=O) groups excluding carboxylic acids is 1. The van der Waals surface area contributed by atoms with Gasteiger partial charge >= 0.3 is 0 Å². The van der Waals surface area contributed by atoms with Gasteiger partial charge in [-0.25, -0.2) is 0 Å². The average molecular weight is 154 g/mol. The molecule has 1 saturated carbocycles. The summed E-state index contributed by atoms with van der Waals surface area (Å²) in [6, 6.07) is 0.622. The van der Waals surface area contributed by atoms with E-state index in [0.29, 0.717) is 12.0 Å². The Bertz CT molecular complexity index is 193. The predicted molar refractivity (Wildman–Crippen MR) is 41.9 cm³/mol. The zero-order valence-electron chi connectivity index (χ0n) is 6.79. The first kappa shape index (κ1) is 7.10. The number of fused-ring (bicyclic) bond motifs is 2. The van der Waals surface area contributed by atoms with Gasteiger partial charge < -0.3 is 10.6 Å². The minimum Gasteiger partial charge on any atom is -0.338 e. The van der Waals surface area contributed by atoms with Crippen molar-refractivity contribution in [3.05, 3.63) is 0 Å². The molecule has 2 fully saturated rings. The second-order valence-electron chi connectivity index (χ2n) is 3.65. The summed E-state index contributed by atoms with van der Waals surface area (Å²) < 4.78 is 0. The minimum atomic E-state index is 0.188. The van der Waals surface area contributed by atoms with E-state index >= 15 is 0 Å². The summed E-state index contributed by atoms with van der Waals surface area (Å²) in [6.45, 7) is 2.54. The van der Waals surface area contributed by atoms with Gasteiger partial charge in [0.15, 0.2) is 0 Å². The van der Waals surface area contributed by atoms with Crippen LogP contribution < -0.4 is 5.73 Å². The van der Waals surface area contributed by atoms with Gasteiger partial charge in [-0.05, 0) is 18.8 Å². The molecule has 1 amide bonds. The van der Waals surface area contributed by atoms with Crippen LogP contribution in [0.4, 0.5) is 0 Å². The van der Waals surface area contributed by atoms with E-state index in [1.165, 1.54) is 6.42 Å². The Balaban J connectivity index is 2.14. The molecule has 1 heterocycles. The summed E-state index contributed by atoms with van der Waals surface area (Å²) >= 11 is 0. The highest BCUT2D eigenvalue weighted by atomic mass is 16.2. The average Bonchev–Trinajstić information content (AvgIpc) is 2.46. The third kappa shape index (κ3) is 0.872. The van der Waals surface area contributed by atoms with E-state index in [0.717, 1.165) is 13.0 Å². The molecule has 2 rings (SSSR count). The molecular formula is C8H14N2O. The van der Waals surface area contributed by atoms with Crippen molar-refractivity contribution >= 4 is 5.91 Å². The summed E-state index contributed by atoms with van der Waals surface area (Å²) in [6.07, 6.45) is 2.33. The van der Waals surface area contributed by atoms with Gasteiger partial charge in [0, 0.05) is 25.6 Å².